The number of nitrogens with zero attached hydrogens (tertiary/aromatic N) is 2. The highest BCUT2D eigenvalue weighted by Gasteiger charge is 2.02. The van der Waals surface area contributed by atoms with Crippen molar-refractivity contribution in [2.75, 3.05) is 34.7 Å². The summed E-state index contributed by atoms with van der Waals surface area (Å²) in [5, 5.41) is 0. The summed E-state index contributed by atoms with van der Waals surface area (Å²) in [6.45, 7) is 3.54. The molecule has 0 fully saturated rings. The minimum atomic E-state index is 0.740. The quantitative estimate of drug-likeness (QED) is 0.555. The third-order valence-corrected chi connectivity index (χ3v) is 2.86. The van der Waals surface area contributed by atoms with Crippen molar-refractivity contribution in [1.29, 1.82) is 0 Å². The van der Waals surface area contributed by atoms with Crippen LogP contribution in [0, 0.1) is 0 Å². The average molecular weight is 200 g/mol. The molecule has 2 heteroatoms. The van der Waals surface area contributed by atoms with Gasteiger partial charge in [0, 0.05) is 6.04 Å². The lowest BCUT2D eigenvalue weighted by Gasteiger charge is -2.19. The van der Waals surface area contributed by atoms with Crippen LogP contribution in [0.4, 0.5) is 0 Å². The molecule has 0 N–H and O–H groups in total. The van der Waals surface area contributed by atoms with E-state index in [4.69, 9.17) is 0 Å². The van der Waals surface area contributed by atoms with E-state index >= 15 is 0 Å². The first kappa shape index (κ1) is 13.9. The van der Waals surface area contributed by atoms with E-state index in [1.54, 1.807) is 0 Å². The zero-order chi connectivity index (χ0) is 11.0. The molecular formula is C12H28N2. The fourth-order valence-electron chi connectivity index (χ4n) is 1.48. The second-order valence-electron chi connectivity index (χ2n) is 4.82. The van der Waals surface area contributed by atoms with E-state index in [1.807, 2.05) is 0 Å². The largest absolute Gasteiger partial charge is 0.309 e. The van der Waals surface area contributed by atoms with Gasteiger partial charge in [-0.05, 0) is 54.5 Å². The molecule has 1 unspecified atom stereocenters. The Morgan fingerprint density at radius 3 is 1.93 bits per heavy atom. The van der Waals surface area contributed by atoms with Gasteiger partial charge in [0.2, 0.25) is 0 Å². The van der Waals surface area contributed by atoms with Crippen LogP contribution in [0.1, 0.15) is 39.0 Å². The molecule has 0 aromatic rings. The van der Waals surface area contributed by atoms with Gasteiger partial charge in [-0.2, -0.15) is 0 Å². The molecule has 0 aromatic heterocycles. The van der Waals surface area contributed by atoms with Crippen LogP contribution in [-0.2, 0) is 0 Å². The van der Waals surface area contributed by atoms with Crippen LogP contribution in [0.25, 0.3) is 0 Å². The Morgan fingerprint density at radius 1 is 0.857 bits per heavy atom. The minimum Gasteiger partial charge on any atom is -0.309 e. The Bertz CT molecular complexity index is 121. The molecule has 0 aliphatic heterocycles. The van der Waals surface area contributed by atoms with E-state index < -0.39 is 0 Å². The van der Waals surface area contributed by atoms with Gasteiger partial charge in [0.25, 0.3) is 0 Å². The maximum atomic E-state index is 2.31. The molecule has 1 atom stereocenters. The average Bonchev–Trinajstić information content (AvgIpc) is 2.09. The number of hydrogen-bond donors (Lipinski definition) is 0. The molecule has 0 rings (SSSR count). The fraction of sp³-hybridized carbons (Fsp3) is 1.00. The van der Waals surface area contributed by atoms with E-state index in [1.165, 1.54) is 38.6 Å². The van der Waals surface area contributed by atoms with Crippen molar-refractivity contribution in [2.24, 2.45) is 0 Å². The van der Waals surface area contributed by atoms with Crippen molar-refractivity contribution < 1.29 is 0 Å². The molecule has 0 radical (unpaired) electrons. The van der Waals surface area contributed by atoms with E-state index in [0.29, 0.717) is 0 Å². The van der Waals surface area contributed by atoms with E-state index in [0.717, 1.165) is 6.04 Å². The highest BCUT2D eigenvalue weighted by atomic mass is 15.1. The van der Waals surface area contributed by atoms with Crippen LogP contribution in [0.5, 0.6) is 0 Å². The molecular weight excluding hydrogens is 172 g/mol. The zero-order valence-corrected chi connectivity index (χ0v) is 10.7. The van der Waals surface area contributed by atoms with Gasteiger partial charge in [-0.3, -0.25) is 0 Å². The molecule has 2 nitrogen and oxygen atoms in total. The molecule has 0 aliphatic carbocycles. The smallest absolute Gasteiger partial charge is 0.00608 e. The first-order valence-electron chi connectivity index (χ1n) is 5.85. The second kappa shape index (κ2) is 8.25. The summed E-state index contributed by atoms with van der Waals surface area (Å²) < 4.78 is 0. The third kappa shape index (κ3) is 8.52. The van der Waals surface area contributed by atoms with Crippen LogP contribution in [0.2, 0.25) is 0 Å². The Labute approximate surface area is 90.3 Å². The van der Waals surface area contributed by atoms with Crippen LogP contribution < -0.4 is 0 Å². The Balaban J connectivity index is 3.13. The summed E-state index contributed by atoms with van der Waals surface area (Å²) in [5.74, 6) is 0. The van der Waals surface area contributed by atoms with E-state index in [-0.39, 0.29) is 0 Å². The third-order valence-electron chi connectivity index (χ3n) is 2.86. The summed E-state index contributed by atoms with van der Waals surface area (Å²) >= 11 is 0. The van der Waals surface area contributed by atoms with Crippen LogP contribution >= 0.6 is 0 Å². The van der Waals surface area contributed by atoms with Gasteiger partial charge < -0.3 is 9.80 Å². The maximum absolute atomic E-state index is 2.31. The SMILES string of the molecule is CC(CCCCCCN(C)C)N(C)C. The molecule has 0 saturated heterocycles. The van der Waals surface area contributed by atoms with E-state index in [9.17, 15) is 0 Å². The van der Waals surface area contributed by atoms with Gasteiger partial charge in [0.1, 0.15) is 0 Å². The number of hydrogen-bond acceptors (Lipinski definition) is 2. The fourth-order valence-corrected chi connectivity index (χ4v) is 1.48. The van der Waals surface area contributed by atoms with Gasteiger partial charge >= 0.3 is 0 Å². The Kier molecular flexibility index (Phi) is 8.20. The predicted molar refractivity (Wildman–Crippen MR) is 64.8 cm³/mol. The number of rotatable bonds is 8. The Morgan fingerprint density at radius 2 is 1.43 bits per heavy atom. The highest BCUT2D eigenvalue weighted by molar-refractivity contribution is 4.59. The molecule has 0 amide bonds. The molecule has 0 aromatic carbocycles. The van der Waals surface area contributed by atoms with Crippen LogP contribution in [0.15, 0.2) is 0 Å². The molecule has 0 heterocycles. The molecule has 86 valence electrons. The molecule has 0 spiro atoms. The van der Waals surface area contributed by atoms with Crippen molar-refractivity contribution in [3.05, 3.63) is 0 Å². The monoisotopic (exact) mass is 200 g/mol. The van der Waals surface area contributed by atoms with Gasteiger partial charge in [0.15, 0.2) is 0 Å². The van der Waals surface area contributed by atoms with Crippen molar-refractivity contribution in [2.45, 2.75) is 45.1 Å². The lowest BCUT2D eigenvalue weighted by molar-refractivity contribution is 0.290. The maximum Gasteiger partial charge on any atom is 0.00608 e. The summed E-state index contributed by atoms with van der Waals surface area (Å²) in [5.41, 5.74) is 0. The van der Waals surface area contributed by atoms with Crippen molar-refractivity contribution in [1.82, 2.24) is 9.80 Å². The van der Waals surface area contributed by atoms with Crippen LogP contribution in [0.3, 0.4) is 0 Å². The van der Waals surface area contributed by atoms with Crippen LogP contribution in [-0.4, -0.2) is 50.6 Å². The second-order valence-corrected chi connectivity index (χ2v) is 4.82. The summed E-state index contributed by atoms with van der Waals surface area (Å²) in [4.78, 5) is 4.57. The van der Waals surface area contributed by atoms with E-state index in [2.05, 4.69) is 44.9 Å². The standard InChI is InChI=1S/C12H28N2/c1-12(14(4)5)10-8-6-7-9-11-13(2)3/h12H,6-11H2,1-5H3. The van der Waals surface area contributed by atoms with Crippen molar-refractivity contribution in [3.8, 4) is 0 Å². The highest BCUT2D eigenvalue weighted by Crippen LogP contribution is 2.08. The molecule has 14 heavy (non-hydrogen) atoms. The lowest BCUT2D eigenvalue weighted by Crippen LogP contribution is -2.24. The Hall–Kier alpha value is -0.0800. The van der Waals surface area contributed by atoms with Gasteiger partial charge in [-0.25, -0.2) is 0 Å². The first-order valence-corrected chi connectivity index (χ1v) is 5.85. The molecule has 0 aliphatic rings. The predicted octanol–water partition coefficient (Wildman–Crippen LogP) is 2.45. The number of unbranched alkanes of at least 4 members (excludes halogenated alkanes) is 3. The summed E-state index contributed by atoms with van der Waals surface area (Å²) in [6, 6.07) is 0.740. The topological polar surface area (TPSA) is 6.48 Å². The molecule has 0 saturated carbocycles. The van der Waals surface area contributed by atoms with Gasteiger partial charge in [-0.15, -0.1) is 0 Å². The first-order chi connectivity index (χ1) is 6.54. The van der Waals surface area contributed by atoms with Gasteiger partial charge in [-0.1, -0.05) is 19.3 Å². The lowest BCUT2D eigenvalue weighted by atomic mass is 10.1. The van der Waals surface area contributed by atoms with Crippen molar-refractivity contribution >= 4 is 0 Å². The molecule has 0 bridgehead atoms. The zero-order valence-electron chi connectivity index (χ0n) is 10.7. The van der Waals surface area contributed by atoms with Crippen molar-refractivity contribution in [3.63, 3.8) is 0 Å². The minimum absolute atomic E-state index is 0.740. The normalized spacial score (nSPS) is 13.9. The van der Waals surface area contributed by atoms with Gasteiger partial charge in [0.05, 0.1) is 0 Å². The summed E-state index contributed by atoms with van der Waals surface area (Å²) in [6.07, 6.45) is 6.86. The summed E-state index contributed by atoms with van der Waals surface area (Å²) in [7, 11) is 8.62.